The monoisotopic (exact) mass is 346 g/mol. The molecule has 0 aliphatic carbocycles. The van der Waals surface area contributed by atoms with Gasteiger partial charge in [-0.1, -0.05) is 18.5 Å². The highest BCUT2D eigenvalue weighted by Gasteiger charge is 2.16. The molecule has 0 heterocycles. The SMILES string of the molecule is CC(CNC(=O)CSc1ccc(Cl)cc1[N+](=O)[O-])CC(=O)O. The molecule has 0 bridgehead atoms. The van der Waals surface area contributed by atoms with Gasteiger partial charge >= 0.3 is 5.97 Å². The van der Waals surface area contributed by atoms with Crippen molar-refractivity contribution in [3.8, 4) is 0 Å². The van der Waals surface area contributed by atoms with Gasteiger partial charge < -0.3 is 10.4 Å². The topological polar surface area (TPSA) is 110 Å². The molecule has 1 aromatic carbocycles. The van der Waals surface area contributed by atoms with E-state index in [2.05, 4.69) is 5.32 Å². The highest BCUT2D eigenvalue weighted by Crippen LogP contribution is 2.31. The summed E-state index contributed by atoms with van der Waals surface area (Å²) in [6.07, 6.45) is -0.0317. The van der Waals surface area contributed by atoms with E-state index in [9.17, 15) is 19.7 Å². The summed E-state index contributed by atoms with van der Waals surface area (Å²) in [5, 5.41) is 22.4. The Hall–Kier alpha value is -1.80. The first-order valence-electron chi connectivity index (χ1n) is 6.34. The number of halogens is 1. The van der Waals surface area contributed by atoms with E-state index in [-0.39, 0.29) is 41.3 Å². The summed E-state index contributed by atoms with van der Waals surface area (Å²) in [6, 6.07) is 4.24. The van der Waals surface area contributed by atoms with Crippen LogP contribution in [0.15, 0.2) is 23.1 Å². The lowest BCUT2D eigenvalue weighted by Gasteiger charge is -2.10. The number of carboxylic acid groups (broad SMARTS) is 1. The molecule has 0 saturated heterocycles. The fourth-order valence-corrected chi connectivity index (χ4v) is 2.61. The van der Waals surface area contributed by atoms with Crippen LogP contribution in [0.25, 0.3) is 0 Å². The second-order valence-corrected chi connectivity index (χ2v) is 6.12. The van der Waals surface area contributed by atoms with Gasteiger partial charge in [-0.3, -0.25) is 19.7 Å². The van der Waals surface area contributed by atoms with E-state index in [1.54, 1.807) is 6.92 Å². The maximum atomic E-state index is 11.7. The number of benzene rings is 1. The van der Waals surface area contributed by atoms with Gasteiger partial charge in [0.1, 0.15) is 0 Å². The Labute approximate surface area is 136 Å². The number of nitro groups is 1. The van der Waals surface area contributed by atoms with Crippen LogP contribution in [0.1, 0.15) is 13.3 Å². The summed E-state index contributed by atoms with van der Waals surface area (Å²) in [5.74, 6) is -1.42. The van der Waals surface area contributed by atoms with Gasteiger partial charge in [0.15, 0.2) is 0 Å². The molecule has 1 unspecified atom stereocenters. The molecule has 0 aromatic heterocycles. The molecule has 7 nitrogen and oxygen atoms in total. The molecule has 0 aliphatic heterocycles. The fraction of sp³-hybridized carbons (Fsp3) is 0.385. The van der Waals surface area contributed by atoms with Gasteiger partial charge in [0.25, 0.3) is 5.69 Å². The molecule has 1 atom stereocenters. The predicted molar refractivity (Wildman–Crippen MR) is 83.3 cm³/mol. The zero-order chi connectivity index (χ0) is 16.7. The number of rotatable bonds is 8. The highest BCUT2D eigenvalue weighted by molar-refractivity contribution is 8.00. The van der Waals surface area contributed by atoms with Gasteiger partial charge in [-0.25, -0.2) is 0 Å². The maximum Gasteiger partial charge on any atom is 0.303 e. The van der Waals surface area contributed by atoms with Crippen molar-refractivity contribution < 1.29 is 19.6 Å². The largest absolute Gasteiger partial charge is 0.481 e. The molecule has 9 heteroatoms. The molecule has 1 rings (SSSR count). The van der Waals surface area contributed by atoms with Gasteiger partial charge in [-0.15, -0.1) is 11.8 Å². The minimum atomic E-state index is -0.923. The van der Waals surface area contributed by atoms with E-state index < -0.39 is 10.9 Å². The number of carbonyl (C=O) groups excluding carboxylic acids is 1. The smallest absolute Gasteiger partial charge is 0.303 e. The van der Waals surface area contributed by atoms with Crippen LogP contribution >= 0.6 is 23.4 Å². The van der Waals surface area contributed by atoms with Crippen molar-refractivity contribution in [1.29, 1.82) is 0 Å². The average Bonchev–Trinajstić information content (AvgIpc) is 2.42. The summed E-state index contributed by atoms with van der Waals surface area (Å²) in [7, 11) is 0. The van der Waals surface area contributed by atoms with Gasteiger partial charge in [-0.05, 0) is 18.1 Å². The van der Waals surface area contributed by atoms with E-state index in [1.165, 1.54) is 18.2 Å². The third-order valence-corrected chi connectivity index (χ3v) is 3.95. The van der Waals surface area contributed by atoms with Crippen molar-refractivity contribution in [2.75, 3.05) is 12.3 Å². The number of thioether (sulfide) groups is 1. The van der Waals surface area contributed by atoms with E-state index in [4.69, 9.17) is 16.7 Å². The lowest BCUT2D eigenvalue weighted by molar-refractivity contribution is -0.387. The van der Waals surface area contributed by atoms with Crippen molar-refractivity contribution in [2.45, 2.75) is 18.2 Å². The van der Waals surface area contributed by atoms with Gasteiger partial charge in [0.05, 0.1) is 15.6 Å². The number of hydrogen-bond donors (Lipinski definition) is 2. The van der Waals surface area contributed by atoms with Crippen LogP contribution in [0.3, 0.4) is 0 Å². The first kappa shape index (κ1) is 18.2. The molecule has 22 heavy (non-hydrogen) atoms. The van der Waals surface area contributed by atoms with Crippen molar-refractivity contribution in [1.82, 2.24) is 5.32 Å². The molecule has 0 spiro atoms. The van der Waals surface area contributed by atoms with E-state index >= 15 is 0 Å². The first-order chi connectivity index (χ1) is 10.3. The molecule has 120 valence electrons. The molecule has 0 saturated carbocycles. The molecule has 0 radical (unpaired) electrons. The third-order valence-electron chi connectivity index (χ3n) is 2.65. The zero-order valence-electron chi connectivity index (χ0n) is 11.7. The standard InChI is InChI=1S/C13H15ClN2O5S/c1-8(4-13(18)19)6-15-12(17)7-22-11-3-2-9(14)5-10(11)16(20)21/h2-3,5,8H,4,6-7H2,1H3,(H,15,17)(H,18,19). The Kier molecular flexibility index (Phi) is 7.13. The third kappa shape index (κ3) is 6.31. The minimum absolute atomic E-state index is 0.00225. The number of amides is 1. The van der Waals surface area contributed by atoms with Gasteiger partial charge in [0.2, 0.25) is 5.91 Å². The van der Waals surface area contributed by atoms with Crippen LogP contribution in [-0.2, 0) is 9.59 Å². The molecule has 2 N–H and O–H groups in total. The van der Waals surface area contributed by atoms with Crippen molar-refractivity contribution >= 4 is 40.9 Å². The first-order valence-corrected chi connectivity index (χ1v) is 7.71. The Morgan fingerprint density at radius 1 is 1.50 bits per heavy atom. The number of nitrogens with one attached hydrogen (secondary N) is 1. The second kappa shape index (κ2) is 8.60. The molecule has 1 aromatic rings. The number of carboxylic acids is 1. The number of hydrogen-bond acceptors (Lipinski definition) is 5. The quantitative estimate of drug-likeness (QED) is 0.425. The molecular weight excluding hydrogens is 332 g/mol. The van der Waals surface area contributed by atoms with Crippen LogP contribution in [0.4, 0.5) is 5.69 Å². The van der Waals surface area contributed by atoms with Crippen molar-refractivity contribution in [2.24, 2.45) is 5.92 Å². The van der Waals surface area contributed by atoms with E-state index in [0.717, 1.165) is 11.8 Å². The van der Waals surface area contributed by atoms with Crippen LogP contribution in [0, 0.1) is 16.0 Å². The van der Waals surface area contributed by atoms with Crippen LogP contribution < -0.4 is 5.32 Å². The van der Waals surface area contributed by atoms with Crippen molar-refractivity contribution in [3.05, 3.63) is 33.3 Å². The Morgan fingerprint density at radius 2 is 2.18 bits per heavy atom. The van der Waals surface area contributed by atoms with Crippen LogP contribution in [-0.4, -0.2) is 34.2 Å². The molecule has 0 fully saturated rings. The Morgan fingerprint density at radius 3 is 2.77 bits per heavy atom. The predicted octanol–water partition coefficient (Wildman–Crippen LogP) is 2.57. The molecule has 0 aliphatic rings. The summed E-state index contributed by atoms with van der Waals surface area (Å²) >= 11 is 6.74. The number of nitro benzene ring substituents is 1. The Balaban J connectivity index is 2.51. The number of carbonyl (C=O) groups is 2. The highest BCUT2D eigenvalue weighted by atomic mass is 35.5. The summed E-state index contributed by atoms with van der Waals surface area (Å²) < 4.78 is 0. The fourth-order valence-electron chi connectivity index (χ4n) is 1.61. The lowest BCUT2D eigenvalue weighted by Crippen LogP contribution is -2.30. The molecule has 1 amide bonds. The minimum Gasteiger partial charge on any atom is -0.481 e. The molecular formula is C13H15ClN2O5S. The van der Waals surface area contributed by atoms with Crippen molar-refractivity contribution in [3.63, 3.8) is 0 Å². The zero-order valence-corrected chi connectivity index (χ0v) is 13.3. The van der Waals surface area contributed by atoms with Gasteiger partial charge in [0, 0.05) is 24.1 Å². The van der Waals surface area contributed by atoms with Gasteiger partial charge in [-0.2, -0.15) is 0 Å². The summed E-state index contributed by atoms with van der Waals surface area (Å²) in [6.45, 7) is 1.96. The summed E-state index contributed by atoms with van der Waals surface area (Å²) in [5.41, 5.74) is -0.149. The van der Waals surface area contributed by atoms with E-state index in [1.807, 2.05) is 0 Å². The average molecular weight is 347 g/mol. The maximum absolute atomic E-state index is 11.7. The number of aliphatic carboxylic acids is 1. The lowest BCUT2D eigenvalue weighted by atomic mass is 10.1. The number of nitrogens with zero attached hydrogens (tertiary/aromatic N) is 1. The summed E-state index contributed by atoms with van der Waals surface area (Å²) in [4.78, 5) is 32.9. The van der Waals surface area contributed by atoms with Crippen LogP contribution in [0.2, 0.25) is 5.02 Å². The van der Waals surface area contributed by atoms with E-state index in [0.29, 0.717) is 4.90 Å². The van der Waals surface area contributed by atoms with Crippen LogP contribution in [0.5, 0.6) is 0 Å². The Bertz CT molecular complexity index is 582. The second-order valence-electron chi connectivity index (χ2n) is 4.66. The normalized spacial score (nSPS) is 11.7.